The van der Waals surface area contributed by atoms with Crippen molar-refractivity contribution in [2.24, 2.45) is 0 Å². The van der Waals surface area contributed by atoms with Crippen molar-refractivity contribution in [1.82, 2.24) is 19.7 Å². The number of pyridine rings is 1. The summed E-state index contributed by atoms with van der Waals surface area (Å²) in [7, 11) is 0. The van der Waals surface area contributed by atoms with E-state index in [1.807, 2.05) is 17.6 Å². The molecule has 0 N–H and O–H groups in total. The Balaban J connectivity index is 2.50. The first-order chi connectivity index (χ1) is 7.72. The van der Waals surface area contributed by atoms with E-state index in [0.29, 0.717) is 5.28 Å². The lowest BCUT2D eigenvalue weighted by molar-refractivity contribution is 0.801. The van der Waals surface area contributed by atoms with Gasteiger partial charge in [0.1, 0.15) is 5.82 Å². The Bertz CT molecular complexity index is 492. The molecule has 2 heterocycles. The molecule has 0 spiro atoms. The molecule has 0 amide bonds. The van der Waals surface area contributed by atoms with Gasteiger partial charge in [0.2, 0.25) is 5.28 Å². The summed E-state index contributed by atoms with van der Waals surface area (Å²) in [5, 5.41) is 8.34. The third-order valence-electron chi connectivity index (χ3n) is 2.28. The zero-order valence-electron chi connectivity index (χ0n) is 9.31. The first-order valence-corrected chi connectivity index (χ1v) is 5.62. The summed E-state index contributed by atoms with van der Waals surface area (Å²) < 4.78 is 1.84. The first-order valence-electron chi connectivity index (χ1n) is 5.24. The summed E-state index contributed by atoms with van der Waals surface area (Å²) in [6, 6.07) is 2.02. The van der Waals surface area contributed by atoms with Crippen molar-refractivity contribution in [3.8, 4) is 5.69 Å². The molecule has 0 aromatic carbocycles. The van der Waals surface area contributed by atoms with E-state index < -0.39 is 0 Å². The minimum Gasteiger partial charge on any atom is -0.268 e. The first kappa shape index (κ1) is 11.1. The maximum absolute atomic E-state index is 6.03. The molecule has 0 unspecified atom stereocenters. The molecule has 84 valence electrons. The van der Waals surface area contributed by atoms with Crippen molar-refractivity contribution in [3.05, 3.63) is 35.1 Å². The van der Waals surface area contributed by atoms with E-state index in [1.54, 1.807) is 12.4 Å². The van der Waals surface area contributed by atoms with Gasteiger partial charge in [0.05, 0.1) is 11.9 Å². The number of halogens is 1. The second kappa shape index (κ2) is 4.61. The fraction of sp³-hybridized carbons (Fsp3) is 0.364. The number of rotatable bonds is 3. The second-order valence-electron chi connectivity index (χ2n) is 3.69. The van der Waals surface area contributed by atoms with Crippen LogP contribution in [0, 0.1) is 6.92 Å². The van der Waals surface area contributed by atoms with Crippen LogP contribution in [-0.4, -0.2) is 19.7 Å². The second-order valence-corrected chi connectivity index (χ2v) is 4.03. The molecule has 0 aliphatic heterocycles. The van der Waals surface area contributed by atoms with Gasteiger partial charge in [-0.15, -0.1) is 10.2 Å². The van der Waals surface area contributed by atoms with Gasteiger partial charge in [0, 0.05) is 12.6 Å². The number of nitrogens with zero attached hydrogens (tertiary/aromatic N) is 4. The smallest absolute Gasteiger partial charge is 0.229 e. The van der Waals surface area contributed by atoms with E-state index in [0.717, 1.165) is 29.9 Å². The molecule has 0 radical (unpaired) electrons. The van der Waals surface area contributed by atoms with E-state index in [-0.39, 0.29) is 0 Å². The van der Waals surface area contributed by atoms with Crippen LogP contribution in [0.4, 0.5) is 0 Å². The number of hydrogen-bond acceptors (Lipinski definition) is 3. The predicted octanol–water partition coefficient (Wildman–Crippen LogP) is 2.58. The number of aromatic nitrogens is 4. The summed E-state index contributed by atoms with van der Waals surface area (Å²) in [6.07, 6.45) is 5.44. The van der Waals surface area contributed by atoms with Gasteiger partial charge in [-0.2, -0.15) is 0 Å². The molecule has 5 heteroatoms. The van der Waals surface area contributed by atoms with E-state index in [9.17, 15) is 0 Å². The molecule has 4 nitrogen and oxygen atoms in total. The molecule has 0 aliphatic carbocycles. The van der Waals surface area contributed by atoms with Gasteiger partial charge >= 0.3 is 0 Å². The zero-order valence-corrected chi connectivity index (χ0v) is 10.1. The van der Waals surface area contributed by atoms with Gasteiger partial charge in [0.25, 0.3) is 0 Å². The average Bonchev–Trinajstić information content (AvgIpc) is 2.60. The highest BCUT2D eigenvalue weighted by molar-refractivity contribution is 6.28. The van der Waals surface area contributed by atoms with Gasteiger partial charge in [-0.3, -0.25) is 9.55 Å². The predicted molar refractivity (Wildman–Crippen MR) is 62.9 cm³/mol. The van der Waals surface area contributed by atoms with Crippen molar-refractivity contribution in [2.45, 2.75) is 26.7 Å². The average molecular weight is 237 g/mol. The summed E-state index contributed by atoms with van der Waals surface area (Å²) in [5.41, 5.74) is 2.00. The Morgan fingerprint density at radius 3 is 2.81 bits per heavy atom. The van der Waals surface area contributed by atoms with Crippen molar-refractivity contribution in [2.75, 3.05) is 0 Å². The van der Waals surface area contributed by atoms with Crippen molar-refractivity contribution in [1.29, 1.82) is 0 Å². The highest BCUT2D eigenvalue weighted by Crippen LogP contribution is 2.17. The summed E-state index contributed by atoms with van der Waals surface area (Å²) in [6.45, 7) is 4.09. The van der Waals surface area contributed by atoms with Crippen LogP contribution < -0.4 is 0 Å². The highest BCUT2D eigenvalue weighted by atomic mass is 35.5. The fourth-order valence-corrected chi connectivity index (χ4v) is 1.83. The van der Waals surface area contributed by atoms with Crippen LogP contribution in [-0.2, 0) is 6.42 Å². The lowest BCUT2D eigenvalue weighted by atomic mass is 10.3. The van der Waals surface area contributed by atoms with E-state index in [2.05, 4.69) is 22.1 Å². The van der Waals surface area contributed by atoms with Crippen molar-refractivity contribution < 1.29 is 0 Å². The van der Waals surface area contributed by atoms with Crippen LogP contribution in [0.5, 0.6) is 0 Å². The molecule has 2 aromatic heterocycles. The highest BCUT2D eigenvalue weighted by Gasteiger charge is 2.11. The maximum Gasteiger partial charge on any atom is 0.229 e. The quantitative estimate of drug-likeness (QED) is 0.823. The minimum absolute atomic E-state index is 0.385. The van der Waals surface area contributed by atoms with Gasteiger partial charge in [0.15, 0.2) is 0 Å². The summed E-state index contributed by atoms with van der Waals surface area (Å²) in [5.74, 6) is 0.875. The Morgan fingerprint density at radius 2 is 2.12 bits per heavy atom. The molecule has 0 aliphatic rings. The SMILES string of the molecule is CCCc1nnc(Cl)n1-c1cncc(C)c1. The molecule has 0 saturated heterocycles. The Hall–Kier alpha value is -1.42. The molecule has 16 heavy (non-hydrogen) atoms. The van der Waals surface area contributed by atoms with Gasteiger partial charge < -0.3 is 0 Å². The van der Waals surface area contributed by atoms with Crippen LogP contribution in [0.3, 0.4) is 0 Å². The van der Waals surface area contributed by atoms with Crippen molar-refractivity contribution >= 4 is 11.6 Å². The van der Waals surface area contributed by atoms with E-state index in [1.165, 1.54) is 0 Å². The van der Waals surface area contributed by atoms with Gasteiger partial charge in [-0.05, 0) is 36.6 Å². The molecular formula is C11H13ClN4. The maximum atomic E-state index is 6.03. The summed E-state index contributed by atoms with van der Waals surface area (Å²) in [4.78, 5) is 4.15. The molecule has 0 fully saturated rings. The molecule has 0 atom stereocenters. The molecule has 2 aromatic rings. The molecule has 0 saturated carbocycles. The third-order valence-corrected chi connectivity index (χ3v) is 2.53. The zero-order chi connectivity index (χ0) is 11.5. The standard InChI is InChI=1S/C11H13ClN4/c1-3-4-10-14-15-11(12)16(10)9-5-8(2)6-13-7-9/h5-7H,3-4H2,1-2H3. The van der Waals surface area contributed by atoms with E-state index >= 15 is 0 Å². The Morgan fingerprint density at radius 1 is 1.31 bits per heavy atom. The van der Waals surface area contributed by atoms with Crippen LogP contribution >= 0.6 is 11.6 Å². The van der Waals surface area contributed by atoms with Gasteiger partial charge in [-0.25, -0.2) is 0 Å². The molecule has 0 bridgehead atoms. The Labute approximate surface area is 99.3 Å². The normalized spacial score (nSPS) is 10.7. The molecular weight excluding hydrogens is 224 g/mol. The Kier molecular flexibility index (Phi) is 3.19. The van der Waals surface area contributed by atoms with Crippen molar-refractivity contribution in [3.63, 3.8) is 0 Å². The van der Waals surface area contributed by atoms with Gasteiger partial charge in [-0.1, -0.05) is 6.92 Å². The third kappa shape index (κ3) is 2.07. The minimum atomic E-state index is 0.385. The lowest BCUT2D eigenvalue weighted by Crippen LogP contribution is -2.02. The molecule has 2 rings (SSSR count). The lowest BCUT2D eigenvalue weighted by Gasteiger charge is -2.06. The van der Waals surface area contributed by atoms with Crippen LogP contribution in [0.25, 0.3) is 5.69 Å². The van der Waals surface area contributed by atoms with Crippen LogP contribution in [0.1, 0.15) is 24.7 Å². The monoisotopic (exact) mass is 236 g/mol. The largest absolute Gasteiger partial charge is 0.268 e. The fourth-order valence-electron chi connectivity index (χ4n) is 1.60. The van der Waals surface area contributed by atoms with Crippen LogP contribution in [0.2, 0.25) is 5.28 Å². The van der Waals surface area contributed by atoms with Crippen LogP contribution in [0.15, 0.2) is 18.5 Å². The van der Waals surface area contributed by atoms with E-state index in [4.69, 9.17) is 11.6 Å². The summed E-state index contributed by atoms with van der Waals surface area (Å²) >= 11 is 6.03. The number of aryl methyl sites for hydroxylation is 2. The topological polar surface area (TPSA) is 43.6 Å². The number of hydrogen-bond donors (Lipinski definition) is 0.